The van der Waals surface area contributed by atoms with E-state index in [1.54, 1.807) is 0 Å². The summed E-state index contributed by atoms with van der Waals surface area (Å²) in [5, 5.41) is 8.09. The van der Waals surface area contributed by atoms with Gasteiger partial charge in [0.05, 0.1) is 12.8 Å². The van der Waals surface area contributed by atoms with Crippen LogP contribution in [0.3, 0.4) is 0 Å². The van der Waals surface area contributed by atoms with E-state index < -0.39 is 5.97 Å². The maximum absolute atomic E-state index is 10.5. The third-order valence-electron chi connectivity index (χ3n) is 0.929. The van der Waals surface area contributed by atoms with E-state index in [0.29, 0.717) is 6.29 Å². The Labute approximate surface area is 57.8 Å². The smallest absolute Gasteiger partial charge is 0.303 e. The van der Waals surface area contributed by atoms with Crippen LogP contribution in [0.25, 0.3) is 0 Å². The van der Waals surface area contributed by atoms with Crippen molar-refractivity contribution >= 4 is 18.0 Å². The number of hydrogen-bond donors (Lipinski definition) is 1. The summed E-state index contributed by atoms with van der Waals surface area (Å²) < 4.78 is 0. The molecule has 56 valence electrons. The van der Waals surface area contributed by atoms with Gasteiger partial charge in [0.1, 0.15) is 12.1 Å². The average molecular weight is 144 g/mol. The van der Waals surface area contributed by atoms with Crippen molar-refractivity contribution in [2.45, 2.75) is 19.3 Å². The molecule has 0 radical (unpaired) electrons. The van der Waals surface area contributed by atoms with E-state index >= 15 is 0 Å². The monoisotopic (exact) mass is 144 g/mol. The summed E-state index contributed by atoms with van der Waals surface area (Å²) in [5.41, 5.74) is 0. The lowest BCUT2D eigenvalue weighted by Gasteiger charge is -1.89. The molecule has 0 aromatic rings. The van der Waals surface area contributed by atoms with E-state index in [1.807, 2.05) is 0 Å². The Bertz CT molecular complexity index is 150. The molecule has 0 aliphatic heterocycles. The van der Waals surface area contributed by atoms with E-state index in [1.165, 1.54) is 0 Å². The van der Waals surface area contributed by atoms with Crippen molar-refractivity contribution in [2.75, 3.05) is 0 Å². The Morgan fingerprint density at radius 2 is 1.90 bits per heavy atom. The minimum atomic E-state index is -1.01. The summed E-state index contributed by atoms with van der Waals surface area (Å²) in [6.45, 7) is 0. The van der Waals surface area contributed by atoms with Gasteiger partial charge in [0.2, 0.25) is 0 Å². The van der Waals surface area contributed by atoms with Crippen molar-refractivity contribution < 1.29 is 19.5 Å². The largest absolute Gasteiger partial charge is 0.481 e. The quantitative estimate of drug-likeness (QED) is 0.435. The molecule has 0 bridgehead atoms. The van der Waals surface area contributed by atoms with Gasteiger partial charge < -0.3 is 9.90 Å². The molecule has 0 aliphatic carbocycles. The maximum atomic E-state index is 10.5. The molecule has 0 aromatic carbocycles. The van der Waals surface area contributed by atoms with Crippen LogP contribution >= 0.6 is 0 Å². The fourth-order valence-electron chi connectivity index (χ4n) is 0.441. The Hall–Kier alpha value is -1.19. The number of Topliss-reactive ketones (excluding diaryl/α,β-unsaturated/α-hetero) is 1. The van der Waals surface area contributed by atoms with Crippen LogP contribution < -0.4 is 0 Å². The number of rotatable bonds is 5. The molecule has 0 saturated carbocycles. The van der Waals surface area contributed by atoms with Gasteiger partial charge in [-0.15, -0.1) is 0 Å². The number of hydrogen-bond acceptors (Lipinski definition) is 3. The molecule has 0 aromatic heterocycles. The SMILES string of the molecule is O=CCC(=O)CCC(=O)O. The molecule has 4 heteroatoms. The highest BCUT2D eigenvalue weighted by atomic mass is 16.4. The number of ketones is 1. The normalized spacial score (nSPS) is 8.80. The number of carbonyl (C=O) groups is 3. The molecular formula is C6H8O4. The van der Waals surface area contributed by atoms with Gasteiger partial charge in [-0.2, -0.15) is 0 Å². The van der Waals surface area contributed by atoms with Crippen molar-refractivity contribution in [3.05, 3.63) is 0 Å². The summed E-state index contributed by atoms with van der Waals surface area (Å²) in [7, 11) is 0. The van der Waals surface area contributed by atoms with Gasteiger partial charge >= 0.3 is 5.97 Å². The number of carboxylic acids is 1. The molecule has 1 N–H and O–H groups in total. The fraction of sp³-hybridized carbons (Fsp3) is 0.500. The second-order valence-corrected chi connectivity index (χ2v) is 1.80. The Morgan fingerprint density at radius 1 is 1.30 bits per heavy atom. The van der Waals surface area contributed by atoms with Gasteiger partial charge in [-0.25, -0.2) is 0 Å². The minimum Gasteiger partial charge on any atom is -0.481 e. The fourth-order valence-corrected chi connectivity index (χ4v) is 0.441. The summed E-state index contributed by atoms with van der Waals surface area (Å²) >= 11 is 0. The molecule has 0 saturated heterocycles. The molecule has 0 unspecified atom stereocenters. The molecule has 4 nitrogen and oxygen atoms in total. The lowest BCUT2D eigenvalue weighted by molar-refractivity contribution is -0.138. The first-order valence-corrected chi connectivity index (χ1v) is 2.84. The van der Waals surface area contributed by atoms with Crippen LogP contribution in [0, 0.1) is 0 Å². The molecular weight excluding hydrogens is 136 g/mol. The number of aldehydes is 1. The zero-order chi connectivity index (χ0) is 7.98. The number of carbonyl (C=O) groups excluding carboxylic acids is 2. The van der Waals surface area contributed by atoms with E-state index in [0.717, 1.165) is 0 Å². The Kier molecular flexibility index (Phi) is 4.11. The molecule has 0 fully saturated rings. The van der Waals surface area contributed by atoms with Crippen molar-refractivity contribution in [1.82, 2.24) is 0 Å². The van der Waals surface area contributed by atoms with E-state index in [2.05, 4.69) is 0 Å². The molecule has 0 amide bonds. The third-order valence-corrected chi connectivity index (χ3v) is 0.929. The van der Waals surface area contributed by atoms with Gasteiger partial charge in [0, 0.05) is 6.42 Å². The van der Waals surface area contributed by atoms with Crippen LogP contribution in [0.5, 0.6) is 0 Å². The zero-order valence-electron chi connectivity index (χ0n) is 5.37. The van der Waals surface area contributed by atoms with Gasteiger partial charge in [0.15, 0.2) is 0 Å². The lowest BCUT2D eigenvalue weighted by Crippen LogP contribution is -2.03. The molecule has 0 heterocycles. The Morgan fingerprint density at radius 3 is 2.30 bits per heavy atom. The highest BCUT2D eigenvalue weighted by Gasteiger charge is 2.03. The van der Waals surface area contributed by atoms with Gasteiger partial charge in [-0.1, -0.05) is 0 Å². The van der Waals surface area contributed by atoms with Crippen molar-refractivity contribution in [3.8, 4) is 0 Å². The Balaban J connectivity index is 3.39. The molecule has 0 rings (SSSR count). The van der Waals surface area contributed by atoms with Crippen molar-refractivity contribution in [1.29, 1.82) is 0 Å². The first-order valence-electron chi connectivity index (χ1n) is 2.84. The van der Waals surface area contributed by atoms with Crippen LogP contribution in [-0.4, -0.2) is 23.1 Å². The van der Waals surface area contributed by atoms with Crippen LogP contribution in [-0.2, 0) is 14.4 Å². The first kappa shape index (κ1) is 8.81. The molecule has 10 heavy (non-hydrogen) atoms. The number of aliphatic carboxylic acids is 1. The summed E-state index contributed by atoms with van der Waals surface area (Å²) in [4.78, 5) is 30.0. The van der Waals surface area contributed by atoms with Gasteiger partial charge in [-0.3, -0.25) is 9.59 Å². The first-order chi connectivity index (χ1) is 4.66. The minimum absolute atomic E-state index is 0.0475. The van der Waals surface area contributed by atoms with E-state index in [4.69, 9.17) is 5.11 Å². The highest BCUT2D eigenvalue weighted by Crippen LogP contribution is 1.92. The maximum Gasteiger partial charge on any atom is 0.303 e. The van der Waals surface area contributed by atoms with Crippen LogP contribution in [0.15, 0.2) is 0 Å². The average Bonchev–Trinajstić information content (AvgIpc) is 1.85. The van der Waals surface area contributed by atoms with Crippen molar-refractivity contribution in [2.24, 2.45) is 0 Å². The van der Waals surface area contributed by atoms with E-state index in [-0.39, 0.29) is 25.0 Å². The predicted octanol–water partition coefficient (Wildman–Crippen LogP) is 0.00930. The molecule has 0 spiro atoms. The van der Waals surface area contributed by atoms with Crippen LogP contribution in [0.4, 0.5) is 0 Å². The van der Waals surface area contributed by atoms with Crippen molar-refractivity contribution in [3.63, 3.8) is 0 Å². The second kappa shape index (κ2) is 4.67. The van der Waals surface area contributed by atoms with Crippen LogP contribution in [0.2, 0.25) is 0 Å². The van der Waals surface area contributed by atoms with Crippen LogP contribution in [0.1, 0.15) is 19.3 Å². The summed E-state index contributed by atoms with van der Waals surface area (Å²) in [6.07, 6.45) is 0.0677. The highest BCUT2D eigenvalue weighted by molar-refractivity contribution is 5.91. The summed E-state index contributed by atoms with van der Waals surface area (Å²) in [6, 6.07) is 0. The predicted molar refractivity (Wildman–Crippen MR) is 32.6 cm³/mol. The summed E-state index contributed by atoms with van der Waals surface area (Å²) in [5.74, 6) is -1.34. The second-order valence-electron chi connectivity index (χ2n) is 1.80. The lowest BCUT2D eigenvalue weighted by atomic mass is 10.2. The molecule has 0 atom stereocenters. The standard InChI is InChI=1S/C6H8O4/c7-4-3-5(8)1-2-6(9)10/h4H,1-3H2,(H,9,10). The van der Waals surface area contributed by atoms with E-state index in [9.17, 15) is 14.4 Å². The molecule has 0 aliphatic rings. The topological polar surface area (TPSA) is 71.4 Å². The number of carboxylic acid groups (broad SMARTS) is 1. The zero-order valence-corrected chi connectivity index (χ0v) is 5.37. The third kappa shape index (κ3) is 4.96. The van der Waals surface area contributed by atoms with Gasteiger partial charge in [0.25, 0.3) is 0 Å². The van der Waals surface area contributed by atoms with Gasteiger partial charge in [-0.05, 0) is 0 Å².